The summed E-state index contributed by atoms with van der Waals surface area (Å²) in [6.45, 7) is 0. The van der Waals surface area contributed by atoms with Gasteiger partial charge >= 0.3 is 0 Å². The molecule has 0 saturated heterocycles. The van der Waals surface area contributed by atoms with Gasteiger partial charge in [0.2, 0.25) is 5.95 Å². The van der Waals surface area contributed by atoms with Crippen molar-refractivity contribution in [2.75, 3.05) is 0 Å². The van der Waals surface area contributed by atoms with Crippen molar-refractivity contribution < 1.29 is 4.42 Å². The van der Waals surface area contributed by atoms with Crippen molar-refractivity contribution in [2.24, 2.45) is 0 Å². The molecule has 0 atom stereocenters. The first-order valence-electron chi connectivity index (χ1n) is 17.2. The van der Waals surface area contributed by atoms with Crippen molar-refractivity contribution in [3.05, 3.63) is 170 Å². The van der Waals surface area contributed by atoms with Crippen LogP contribution < -0.4 is 0 Å². The Hall–Kier alpha value is -6.98. The van der Waals surface area contributed by atoms with Crippen LogP contribution in [0.3, 0.4) is 0 Å². The number of benzene rings is 7. The summed E-state index contributed by atoms with van der Waals surface area (Å²) in [5.74, 6) is 0.635. The molecule has 0 fully saturated rings. The van der Waals surface area contributed by atoms with E-state index in [1.54, 1.807) is 0 Å². The monoisotopic (exact) mass is 652 g/mol. The molecule has 5 heteroatoms. The molecule has 0 aliphatic rings. The van der Waals surface area contributed by atoms with Crippen LogP contribution in [0.1, 0.15) is 0 Å². The molecule has 0 spiro atoms. The predicted molar refractivity (Wildman–Crippen MR) is 209 cm³/mol. The number of furan rings is 1. The smallest absolute Gasteiger partial charge is 0.235 e. The molecule has 0 saturated carbocycles. The van der Waals surface area contributed by atoms with Crippen LogP contribution in [0.5, 0.6) is 0 Å². The molecule has 0 unspecified atom stereocenters. The van der Waals surface area contributed by atoms with E-state index in [9.17, 15) is 0 Å². The summed E-state index contributed by atoms with van der Waals surface area (Å²) >= 11 is 0. The van der Waals surface area contributed by atoms with E-state index in [0.29, 0.717) is 5.95 Å². The zero-order chi connectivity index (χ0) is 33.5. The van der Waals surface area contributed by atoms with Crippen molar-refractivity contribution in [2.45, 2.75) is 0 Å². The van der Waals surface area contributed by atoms with Crippen LogP contribution in [-0.4, -0.2) is 19.1 Å². The van der Waals surface area contributed by atoms with E-state index in [1.807, 2.05) is 24.3 Å². The quantitative estimate of drug-likeness (QED) is 0.190. The van der Waals surface area contributed by atoms with Crippen LogP contribution in [0, 0.1) is 0 Å². The molecular weight excluding hydrogens is 625 g/mol. The van der Waals surface area contributed by atoms with Gasteiger partial charge in [-0.15, -0.1) is 0 Å². The Morgan fingerprint density at radius 1 is 0.392 bits per heavy atom. The molecule has 7 aromatic carbocycles. The predicted octanol–water partition coefficient (Wildman–Crippen LogP) is 11.9. The molecule has 0 radical (unpaired) electrons. The number of para-hydroxylation sites is 3. The Kier molecular flexibility index (Phi) is 5.89. The number of rotatable bonds is 4. The number of hydrogen-bond acceptors (Lipinski definition) is 3. The minimum atomic E-state index is 0.635. The van der Waals surface area contributed by atoms with Gasteiger partial charge in [0.05, 0.1) is 38.8 Å². The molecule has 4 aromatic heterocycles. The highest BCUT2D eigenvalue weighted by Crippen LogP contribution is 2.43. The fraction of sp³-hybridized carbons (Fsp3) is 0. The van der Waals surface area contributed by atoms with Crippen molar-refractivity contribution in [3.63, 3.8) is 0 Å². The van der Waals surface area contributed by atoms with Gasteiger partial charge in [0, 0.05) is 43.7 Å². The van der Waals surface area contributed by atoms with Crippen molar-refractivity contribution >= 4 is 65.6 Å². The Balaban J connectivity index is 1.29. The lowest BCUT2D eigenvalue weighted by Crippen LogP contribution is -2.04. The SMILES string of the molecule is c1ccc(-c2cc(-c3ccccc3)nc(-n3c4ccccc4c4cc5c(cc43)c3ccc4oc6ccccc6c4c3n5-c3ccccc3)n2)cc1. The molecule has 0 aliphatic carbocycles. The number of fused-ring (bicyclic) bond motifs is 10. The zero-order valence-electron chi connectivity index (χ0n) is 27.4. The minimum absolute atomic E-state index is 0.635. The summed E-state index contributed by atoms with van der Waals surface area (Å²) in [5, 5.41) is 6.83. The third-order valence-electron chi connectivity index (χ3n) is 10.1. The van der Waals surface area contributed by atoms with E-state index in [2.05, 4.69) is 155 Å². The highest BCUT2D eigenvalue weighted by Gasteiger charge is 2.23. The molecule has 0 N–H and O–H groups in total. The highest BCUT2D eigenvalue weighted by atomic mass is 16.3. The molecule has 238 valence electrons. The van der Waals surface area contributed by atoms with E-state index < -0.39 is 0 Å². The van der Waals surface area contributed by atoms with Crippen molar-refractivity contribution in [3.8, 4) is 34.2 Å². The van der Waals surface area contributed by atoms with E-state index in [1.165, 1.54) is 0 Å². The van der Waals surface area contributed by atoms with Gasteiger partial charge in [-0.2, -0.15) is 0 Å². The summed E-state index contributed by atoms with van der Waals surface area (Å²) in [5.41, 5.74) is 11.1. The van der Waals surface area contributed by atoms with Gasteiger partial charge in [0.1, 0.15) is 11.2 Å². The fourth-order valence-electron chi connectivity index (χ4n) is 7.88. The van der Waals surface area contributed by atoms with Gasteiger partial charge in [0.15, 0.2) is 0 Å². The molecule has 51 heavy (non-hydrogen) atoms. The van der Waals surface area contributed by atoms with Gasteiger partial charge in [-0.05, 0) is 54.6 Å². The fourth-order valence-corrected chi connectivity index (χ4v) is 7.88. The van der Waals surface area contributed by atoms with Crippen LogP contribution >= 0.6 is 0 Å². The topological polar surface area (TPSA) is 48.8 Å². The van der Waals surface area contributed by atoms with Crippen LogP contribution in [0.4, 0.5) is 0 Å². The average molecular weight is 653 g/mol. The lowest BCUT2D eigenvalue weighted by atomic mass is 10.1. The Labute approximate surface area is 292 Å². The van der Waals surface area contributed by atoms with E-state index in [-0.39, 0.29) is 0 Å². The largest absolute Gasteiger partial charge is 0.456 e. The molecule has 0 amide bonds. The standard InChI is InChI=1S/C46H28N4O/c1-4-14-29(15-5-1)37-28-38(30-16-6-2-7-17-30)48-46(47-37)50-39-22-12-10-20-32(39)35-26-40-36(27-41(35)50)33-24-25-43-44(34-21-11-13-23-42(34)51-43)45(33)49(40)31-18-8-3-9-19-31/h1-28H. The van der Waals surface area contributed by atoms with Crippen LogP contribution in [0.25, 0.3) is 99.7 Å². The lowest BCUT2D eigenvalue weighted by Gasteiger charge is -2.12. The first-order valence-corrected chi connectivity index (χ1v) is 17.2. The van der Waals surface area contributed by atoms with E-state index in [4.69, 9.17) is 14.4 Å². The summed E-state index contributed by atoms with van der Waals surface area (Å²) in [6.07, 6.45) is 0. The molecular formula is C46H28N4O. The molecule has 11 aromatic rings. The number of hydrogen-bond donors (Lipinski definition) is 0. The Bertz CT molecular complexity index is 3060. The summed E-state index contributed by atoms with van der Waals surface area (Å²) in [7, 11) is 0. The maximum absolute atomic E-state index is 6.41. The van der Waals surface area contributed by atoms with Gasteiger partial charge in [-0.25, -0.2) is 9.97 Å². The lowest BCUT2D eigenvalue weighted by molar-refractivity contribution is 0.669. The third kappa shape index (κ3) is 4.15. The van der Waals surface area contributed by atoms with Crippen LogP contribution in [0.2, 0.25) is 0 Å². The van der Waals surface area contributed by atoms with Crippen LogP contribution in [0.15, 0.2) is 174 Å². The maximum atomic E-state index is 6.41. The zero-order valence-corrected chi connectivity index (χ0v) is 27.4. The normalized spacial score (nSPS) is 11.9. The summed E-state index contributed by atoms with van der Waals surface area (Å²) < 4.78 is 11.0. The first kappa shape index (κ1) is 27.9. The van der Waals surface area contributed by atoms with Gasteiger partial charge in [-0.3, -0.25) is 4.57 Å². The number of nitrogens with zero attached hydrogens (tertiary/aromatic N) is 4. The third-order valence-corrected chi connectivity index (χ3v) is 10.1. The second-order valence-corrected chi connectivity index (χ2v) is 13.0. The second kappa shape index (κ2) is 10.8. The molecule has 0 bridgehead atoms. The molecule has 4 heterocycles. The second-order valence-electron chi connectivity index (χ2n) is 13.0. The van der Waals surface area contributed by atoms with Gasteiger partial charge in [-0.1, -0.05) is 115 Å². The maximum Gasteiger partial charge on any atom is 0.235 e. The van der Waals surface area contributed by atoms with E-state index in [0.717, 1.165) is 93.8 Å². The van der Waals surface area contributed by atoms with Gasteiger partial charge < -0.3 is 8.98 Å². The minimum Gasteiger partial charge on any atom is -0.456 e. The Morgan fingerprint density at radius 3 is 1.67 bits per heavy atom. The number of aromatic nitrogens is 4. The molecule has 5 nitrogen and oxygen atoms in total. The first-order chi connectivity index (χ1) is 25.3. The van der Waals surface area contributed by atoms with Crippen LogP contribution in [-0.2, 0) is 0 Å². The van der Waals surface area contributed by atoms with E-state index >= 15 is 0 Å². The molecule has 11 rings (SSSR count). The average Bonchev–Trinajstić information content (AvgIpc) is 3.85. The summed E-state index contributed by atoms with van der Waals surface area (Å²) in [4.78, 5) is 10.5. The Morgan fingerprint density at radius 2 is 0.961 bits per heavy atom. The van der Waals surface area contributed by atoms with Gasteiger partial charge in [0.25, 0.3) is 0 Å². The molecule has 0 aliphatic heterocycles. The van der Waals surface area contributed by atoms with Crippen molar-refractivity contribution in [1.29, 1.82) is 0 Å². The van der Waals surface area contributed by atoms with Crippen molar-refractivity contribution in [1.82, 2.24) is 19.1 Å². The summed E-state index contributed by atoms with van der Waals surface area (Å²) in [6, 6.07) is 59.4. The highest BCUT2D eigenvalue weighted by molar-refractivity contribution is 6.26.